The predicted molar refractivity (Wildman–Crippen MR) is 102 cm³/mol. The second kappa shape index (κ2) is 7.97. The van der Waals surface area contributed by atoms with Gasteiger partial charge < -0.3 is 16.6 Å². The number of pyridine rings is 1. The standard InChI is InChI=1S/C19H18N6O4/c20-15-8-9(1-2-16(27)28)17-12(24-25-15)6-11(7-14(17)26)18(29)13-5-10(19(21)22)3-4-23-13/h3-6,8-9H,1-2,7,20H2,(H3,21,22)(H,27,28). The molecule has 1 atom stereocenters. The topological polar surface area (TPSA) is 185 Å². The van der Waals surface area contributed by atoms with Crippen LogP contribution in [0.4, 0.5) is 0 Å². The van der Waals surface area contributed by atoms with Crippen molar-refractivity contribution in [3.8, 4) is 0 Å². The number of amidine groups is 1. The van der Waals surface area contributed by atoms with E-state index in [0.717, 1.165) is 0 Å². The normalized spacial score (nSPS) is 18.5. The summed E-state index contributed by atoms with van der Waals surface area (Å²) in [5, 5.41) is 24.2. The molecule has 3 rings (SSSR count). The highest BCUT2D eigenvalue weighted by atomic mass is 16.4. The number of hydrogen-bond acceptors (Lipinski definition) is 8. The molecule has 0 radical (unpaired) electrons. The Kier molecular flexibility index (Phi) is 5.44. The molecule has 1 aliphatic heterocycles. The average Bonchev–Trinajstić information content (AvgIpc) is 2.84. The molecule has 0 aromatic carbocycles. The number of Topliss-reactive ketones (excluding diaryl/α,β-unsaturated/α-hetero) is 2. The third-order valence-electron chi connectivity index (χ3n) is 4.52. The zero-order valence-electron chi connectivity index (χ0n) is 15.3. The summed E-state index contributed by atoms with van der Waals surface area (Å²) in [4.78, 5) is 40.6. The van der Waals surface area contributed by atoms with E-state index in [9.17, 15) is 14.4 Å². The lowest BCUT2D eigenvalue weighted by Gasteiger charge is -2.20. The number of carboxylic acids is 1. The molecule has 1 aromatic heterocycles. The van der Waals surface area contributed by atoms with E-state index in [1.54, 1.807) is 0 Å². The van der Waals surface area contributed by atoms with Crippen molar-refractivity contribution in [2.45, 2.75) is 19.3 Å². The highest BCUT2D eigenvalue weighted by molar-refractivity contribution is 6.14. The number of allylic oxidation sites excluding steroid dienone is 4. The molecule has 2 aliphatic rings. The number of carbonyl (C=O) groups excluding carboxylic acids is 2. The van der Waals surface area contributed by atoms with Gasteiger partial charge in [0, 0.05) is 41.7 Å². The summed E-state index contributed by atoms with van der Waals surface area (Å²) in [5.74, 6) is -2.54. The van der Waals surface area contributed by atoms with Crippen molar-refractivity contribution in [2.24, 2.45) is 27.6 Å². The van der Waals surface area contributed by atoms with Gasteiger partial charge in [0.1, 0.15) is 17.4 Å². The van der Waals surface area contributed by atoms with E-state index in [0.29, 0.717) is 5.56 Å². The molecule has 0 spiro atoms. The van der Waals surface area contributed by atoms with Gasteiger partial charge in [-0.25, -0.2) is 0 Å². The number of carbonyl (C=O) groups is 3. The molecule has 0 amide bonds. The first kappa shape index (κ1) is 19.8. The van der Waals surface area contributed by atoms with Crippen LogP contribution in [0.15, 0.2) is 63.4 Å². The van der Waals surface area contributed by atoms with Crippen LogP contribution < -0.4 is 11.5 Å². The van der Waals surface area contributed by atoms with E-state index < -0.39 is 17.7 Å². The van der Waals surface area contributed by atoms with Crippen molar-refractivity contribution >= 4 is 23.4 Å². The first-order valence-electron chi connectivity index (χ1n) is 8.70. The lowest BCUT2D eigenvalue weighted by atomic mass is 9.82. The Labute approximate surface area is 165 Å². The van der Waals surface area contributed by atoms with Gasteiger partial charge in [-0.2, -0.15) is 0 Å². The third-order valence-corrected chi connectivity index (χ3v) is 4.52. The summed E-state index contributed by atoms with van der Waals surface area (Å²) in [7, 11) is 0. The fraction of sp³-hybridized carbons (Fsp3) is 0.211. The summed E-state index contributed by atoms with van der Waals surface area (Å²) in [6.45, 7) is 0. The fourth-order valence-electron chi connectivity index (χ4n) is 3.16. The highest BCUT2D eigenvalue weighted by Crippen LogP contribution is 2.34. The Balaban J connectivity index is 1.98. The number of nitrogens with two attached hydrogens (primary N) is 2. The monoisotopic (exact) mass is 394 g/mol. The first-order valence-corrected chi connectivity index (χ1v) is 8.70. The van der Waals surface area contributed by atoms with E-state index in [-0.39, 0.29) is 59.2 Å². The van der Waals surface area contributed by atoms with Crippen LogP contribution in [0.25, 0.3) is 0 Å². The molecule has 0 saturated carbocycles. The summed E-state index contributed by atoms with van der Waals surface area (Å²) in [6.07, 6.45) is 4.13. The van der Waals surface area contributed by atoms with Gasteiger partial charge in [-0.1, -0.05) is 0 Å². The van der Waals surface area contributed by atoms with E-state index in [1.165, 1.54) is 30.5 Å². The van der Waals surface area contributed by atoms with Gasteiger partial charge in [-0.15, -0.1) is 10.2 Å². The molecule has 2 heterocycles. The molecule has 10 heteroatoms. The van der Waals surface area contributed by atoms with E-state index in [2.05, 4.69) is 15.2 Å². The molecule has 1 aromatic rings. The summed E-state index contributed by atoms with van der Waals surface area (Å²) in [6, 6.07) is 2.88. The lowest BCUT2D eigenvalue weighted by Crippen LogP contribution is -2.22. The maximum absolute atomic E-state index is 12.8. The number of hydrogen-bond donors (Lipinski definition) is 4. The molecule has 0 bridgehead atoms. The van der Waals surface area contributed by atoms with Crippen LogP contribution in [-0.4, -0.2) is 33.5 Å². The molecule has 148 valence electrons. The number of azo groups is 1. The van der Waals surface area contributed by atoms with Gasteiger partial charge >= 0.3 is 5.97 Å². The number of nitrogen functional groups attached to an aromatic ring is 1. The molecule has 1 unspecified atom stereocenters. The molecular weight excluding hydrogens is 376 g/mol. The van der Waals surface area contributed by atoms with Crippen LogP contribution in [0.1, 0.15) is 35.3 Å². The molecule has 6 N–H and O–H groups in total. The SMILES string of the molecule is N=C(N)c1ccnc(C(=O)C2=CC3=C(C(=O)C2)C(CCC(=O)O)C=C(N)N=N3)c1. The summed E-state index contributed by atoms with van der Waals surface area (Å²) < 4.78 is 0. The minimum absolute atomic E-state index is 0.0476. The molecule has 0 fully saturated rings. The Bertz CT molecular complexity index is 1050. The number of aliphatic carboxylic acids is 1. The van der Waals surface area contributed by atoms with Crippen molar-refractivity contribution in [3.05, 3.63) is 64.4 Å². The Hall–Kier alpha value is -3.95. The molecule has 1 aliphatic carbocycles. The van der Waals surface area contributed by atoms with Gasteiger partial charge in [-0.3, -0.25) is 24.8 Å². The smallest absolute Gasteiger partial charge is 0.303 e. The van der Waals surface area contributed by atoms with Crippen LogP contribution in [0.3, 0.4) is 0 Å². The zero-order chi connectivity index (χ0) is 21.1. The Morgan fingerprint density at radius 2 is 2.07 bits per heavy atom. The maximum atomic E-state index is 12.8. The van der Waals surface area contributed by atoms with Gasteiger partial charge in [0.05, 0.1) is 5.70 Å². The van der Waals surface area contributed by atoms with E-state index in [4.69, 9.17) is 22.0 Å². The fourth-order valence-corrected chi connectivity index (χ4v) is 3.16. The number of nitrogens with zero attached hydrogens (tertiary/aromatic N) is 3. The van der Waals surface area contributed by atoms with Crippen molar-refractivity contribution in [1.82, 2.24) is 4.98 Å². The quantitative estimate of drug-likeness (QED) is 0.319. The molecule has 29 heavy (non-hydrogen) atoms. The maximum Gasteiger partial charge on any atom is 0.303 e. The minimum atomic E-state index is -0.997. The molecular formula is C19H18N6O4. The number of carboxylic acid groups (broad SMARTS) is 1. The second-order valence-electron chi connectivity index (χ2n) is 6.57. The van der Waals surface area contributed by atoms with Gasteiger partial charge in [0.25, 0.3) is 0 Å². The molecule has 0 saturated heterocycles. The second-order valence-corrected chi connectivity index (χ2v) is 6.57. The van der Waals surface area contributed by atoms with Gasteiger partial charge in [-0.05, 0) is 30.7 Å². The van der Waals surface area contributed by atoms with Crippen molar-refractivity contribution in [1.29, 1.82) is 5.41 Å². The predicted octanol–water partition coefficient (Wildman–Crippen LogP) is 1.45. The van der Waals surface area contributed by atoms with Crippen LogP contribution in [0, 0.1) is 11.3 Å². The van der Waals surface area contributed by atoms with Crippen molar-refractivity contribution in [2.75, 3.05) is 0 Å². The van der Waals surface area contributed by atoms with Gasteiger partial charge in [0.2, 0.25) is 5.78 Å². The van der Waals surface area contributed by atoms with Crippen LogP contribution in [-0.2, 0) is 9.59 Å². The van der Waals surface area contributed by atoms with E-state index >= 15 is 0 Å². The largest absolute Gasteiger partial charge is 0.481 e. The lowest BCUT2D eigenvalue weighted by molar-refractivity contribution is -0.137. The Morgan fingerprint density at radius 3 is 2.76 bits per heavy atom. The number of rotatable bonds is 6. The minimum Gasteiger partial charge on any atom is -0.481 e. The van der Waals surface area contributed by atoms with Crippen molar-refractivity contribution < 1.29 is 19.5 Å². The number of nitrogens with one attached hydrogen (secondary N) is 1. The first-order chi connectivity index (χ1) is 13.8. The van der Waals surface area contributed by atoms with Crippen molar-refractivity contribution in [3.63, 3.8) is 0 Å². The Morgan fingerprint density at radius 1 is 1.31 bits per heavy atom. The van der Waals surface area contributed by atoms with Crippen LogP contribution in [0.2, 0.25) is 0 Å². The average molecular weight is 394 g/mol. The van der Waals surface area contributed by atoms with E-state index in [1.807, 2.05) is 0 Å². The van der Waals surface area contributed by atoms with Crippen LogP contribution >= 0.6 is 0 Å². The van der Waals surface area contributed by atoms with Crippen LogP contribution in [0.5, 0.6) is 0 Å². The molecule has 10 nitrogen and oxygen atoms in total. The number of aromatic nitrogens is 1. The third kappa shape index (κ3) is 4.32. The number of ketones is 2. The summed E-state index contributed by atoms with van der Waals surface area (Å²) in [5.41, 5.74) is 12.2. The van der Waals surface area contributed by atoms with Gasteiger partial charge in [0.15, 0.2) is 5.78 Å². The zero-order valence-corrected chi connectivity index (χ0v) is 15.3. The summed E-state index contributed by atoms with van der Waals surface area (Å²) >= 11 is 0. The highest BCUT2D eigenvalue weighted by Gasteiger charge is 2.32.